The molecule has 3 aromatic carbocycles. The highest BCUT2D eigenvalue weighted by molar-refractivity contribution is 5.99. The van der Waals surface area contributed by atoms with Gasteiger partial charge in [-0.25, -0.2) is 0 Å². The van der Waals surface area contributed by atoms with Gasteiger partial charge >= 0.3 is 0 Å². The first-order valence-electron chi connectivity index (χ1n) is 24.0. The minimum absolute atomic E-state index is 0.00663. The maximum atomic E-state index is 14.0. The number of methoxy groups -OCH3 is 1. The Kier molecular flexibility index (Phi) is 16.5. The molecule has 63 heavy (non-hydrogen) atoms. The number of hydrogen-bond acceptors (Lipinski definition) is 6. The average molecular weight is 860 g/mol. The molecule has 2 saturated carbocycles. The maximum Gasteiger partial charge on any atom is 0.253 e. The van der Waals surface area contributed by atoms with Gasteiger partial charge in [0, 0.05) is 74.9 Å². The van der Waals surface area contributed by atoms with Crippen molar-refractivity contribution in [2.45, 2.75) is 127 Å². The number of unbranched alkanes of at least 4 members (excludes halogenated alkanes) is 11. The van der Waals surface area contributed by atoms with Crippen LogP contribution in [0.1, 0.15) is 140 Å². The van der Waals surface area contributed by atoms with E-state index in [-0.39, 0.29) is 73.1 Å². The Labute approximate surface area is 374 Å². The Balaban J connectivity index is 0.888. The molecule has 2 saturated heterocycles. The van der Waals surface area contributed by atoms with Crippen molar-refractivity contribution in [1.29, 1.82) is 0 Å². The van der Waals surface area contributed by atoms with E-state index < -0.39 is 23.9 Å². The highest BCUT2D eigenvalue weighted by Crippen LogP contribution is 2.43. The molecule has 3 N–H and O–H groups in total. The molecule has 8 atom stereocenters. The first-order chi connectivity index (χ1) is 30.7. The van der Waals surface area contributed by atoms with Gasteiger partial charge in [0.25, 0.3) is 11.8 Å². The van der Waals surface area contributed by atoms with Crippen molar-refractivity contribution in [3.63, 3.8) is 0 Å². The summed E-state index contributed by atoms with van der Waals surface area (Å²) in [4.78, 5) is 72.0. The van der Waals surface area contributed by atoms with Crippen molar-refractivity contribution < 1.29 is 28.7 Å². The Bertz CT molecular complexity index is 1900. The third-order valence-corrected chi connectivity index (χ3v) is 13.9. The maximum absolute atomic E-state index is 14.0. The zero-order valence-electron chi connectivity index (χ0n) is 37.5. The summed E-state index contributed by atoms with van der Waals surface area (Å²) in [7, 11) is 1.58. The van der Waals surface area contributed by atoms with Crippen LogP contribution in [0.15, 0.2) is 84.9 Å². The lowest BCUT2D eigenvalue weighted by Crippen LogP contribution is -2.43. The summed E-state index contributed by atoms with van der Waals surface area (Å²) in [6.45, 7) is 3.66. The smallest absolute Gasteiger partial charge is 0.253 e. The number of nitrogens with zero attached hydrogens (tertiary/aromatic N) is 2. The third-order valence-electron chi connectivity index (χ3n) is 13.9. The molecule has 0 aromatic heterocycles. The van der Waals surface area contributed by atoms with Crippen LogP contribution in [0.25, 0.3) is 0 Å². The van der Waals surface area contributed by atoms with Crippen molar-refractivity contribution in [1.82, 2.24) is 25.8 Å². The van der Waals surface area contributed by atoms with E-state index in [1.165, 1.54) is 75.3 Å². The van der Waals surface area contributed by atoms with Gasteiger partial charge in [0.15, 0.2) is 0 Å². The molecular formula is C52H69N5O6. The molecule has 0 unspecified atom stereocenters. The predicted molar refractivity (Wildman–Crippen MR) is 245 cm³/mol. The Hall–Kier alpha value is -5.03. The van der Waals surface area contributed by atoms with Gasteiger partial charge in [0.1, 0.15) is 0 Å². The zero-order valence-corrected chi connectivity index (χ0v) is 37.5. The highest BCUT2D eigenvalue weighted by Gasteiger charge is 2.49. The van der Waals surface area contributed by atoms with E-state index >= 15 is 0 Å². The lowest BCUT2D eigenvalue weighted by molar-refractivity contribution is -0.133. The van der Waals surface area contributed by atoms with Crippen LogP contribution >= 0.6 is 0 Å². The summed E-state index contributed by atoms with van der Waals surface area (Å²) >= 11 is 0. The second-order valence-corrected chi connectivity index (χ2v) is 18.5. The predicted octanol–water partition coefficient (Wildman–Crippen LogP) is 7.62. The van der Waals surface area contributed by atoms with Gasteiger partial charge in [-0.05, 0) is 54.7 Å². The van der Waals surface area contributed by atoms with Crippen LogP contribution in [0, 0.1) is 17.8 Å². The molecule has 11 nitrogen and oxygen atoms in total. The quantitative estimate of drug-likeness (QED) is 0.0840. The van der Waals surface area contributed by atoms with Crippen LogP contribution in [0.3, 0.4) is 0 Å². The summed E-state index contributed by atoms with van der Waals surface area (Å²) in [5.74, 6) is -2.42. The fraction of sp³-hybridized carbons (Fsp3) is 0.558. The molecule has 338 valence electrons. The van der Waals surface area contributed by atoms with Crippen molar-refractivity contribution in [3.05, 3.63) is 107 Å². The molecule has 4 aliphatic rings. The van der Waals surface area contributed by atoms with Crippen LogP contribution in [-0.4, -0.2) is 97.4 Å². The second kappa shape index (κ2) is 22.5. The van der Waals surface area contributed by atoms with E-state index in [9.17, 15) is 24.0 Å². The Morgan fingerprint density at radius 2 is 0.937 bits per heavy atom. The van der Waals surface area contributed by atoms with Gasteiger partial charge in [-0.3, -0.25) is 24.0 Å². The summed E-state index contributed by atoms with van der Waals surface area (Å²) in [6, 6.07) is 26.7. The first-order valence-corrected chi connectivity index (χ1v) is 24.0. The highest BCUT2D eigenvalue weighted by atomic mass is 16.5. The number of amides is 5. The van der Waals surface area contributed by atoms with E-state index in [0.717, 1.165) is 25.7 Å². The fourth-order valence-electron chi connectivity index (χ4n) is 9.79. The standard InChI is InChI=1S/C52H69N5O6/c1-3-4-5-6-7-8-9-10-11-12-13-20-29-53-48(58)44-34-57(35-47(44)63-2)52(62)39-27-25-38(26-28-39)51(61)56-32-42(49(59)54-45-30-40(45)36-21-16-14-17-22-36)43(33-56)50(60)55-46-31-41(46)37-23-18-15-19-24-37/h14-19,21-28,40-47H,3-13,20,29-35H2,1-2H3,(H,53,58)(H,54,59)(H,55,60)/t40-,41-,42-,43-,44+,45+,46+,47-/m1/s1. The number of nitrogens with one attached hydrogen (secondary N) is 3. The average Bonchev–Trinajstić information content (AvgIpc) is 4.16. The topological polar surface area (TPSA) is 137 Å². The van der Waals surface area contributed by atoms with Crippen LogP contribution in [0.2, 0.25) is 0 Å². The molecule has 3 aromatic rings. The molecule has 5 amide bonds. The van der Waals surface area contributed by atoms with Gasteiger partial charge < -0.3 is 30.5 Å². The second-order valence-electron chi connectivity index (χ2n) is 18.5. The molecule has 11 heteroatoms. The molecule has 7 rings (SSSR count). The summed E-state index contributed by atoms with van der Waals surface area (Å²) in [5, 5.41) is 9.47. The van der Waals surface area contributed by atoms with Crippen LogP contribution in [0.5, 0.6) is 0 Å². The number of carbonyl (C=O) groups excluding carboxylic acids is 5. The molecule has 2 aliphatic carbocycles. The molecule has 4 fully saturated rings. The SMILES string of the molecule is CCCCCCCCCCCCCCNC(=O)[C@H]1CN(C(=O)c2ccc(C(=O)N3C[C@@H](C(=O)N[C@H]4C[C@@H]4c4ccccc4)[C@H](C(=O)N[C@H]4C[C@@H]4c4ccccc4)C3)cc2)C[C@H]1OC. The number of likely N-dealkylation sites (tertiary alicyclic amines) is 2. The van der Waals surface area contributed by atoms with E-state index in [1.807, 2.05) is 36.4 Å². The summed E-state index contributed by atoms with van der Waals surface area (Å²) < 4.78 is 5.68. The van der Waals surface area contributed by atoms with E-state index in [1.54, 1.807) is 41.2 Å². The number of rotatable bonds is 23. The summed E-state index contributed by atoms with van der Waals surface area (Å²) in [5.41, 5.74) is 3.13. The van der Waals surface area contributed by atoms with Crippen LogP contribution < -0.4 is 16.0 Å². The molecular weight excluding hydrogens is 791 g/mol. The fourth-order valence-corrected chi connectivity index (χ4v) is 9.79. The monoisotopic (exact) mass is 860 g/mol. The van der Waals surface area contributed by atoms with Crippen molar-refractivity contribution in [2.75, 3.05) is 39.8 Å². The summed E-state index contributed by atoms with van der Waals surface area (Å²) in [6.07, 6.45) is 16.4. The van der Waals surface area contributed by atoms with Gasteiger partial charge in [-0.2, -0.15) is 0 Å². The van der Waals surface area contributed by atoms with Crippen molar-refractivity contribution in [2.24, 2.45) is 17.8 Å². The lowest BCUT2D eigenvalue weighted by atomic mass is 9.94. The van der Waals surface area contributed by atoms with Crippen molar-refractivity contribution >= 4 is 29.5 Å². The Morgan fingerprint density at radius 1 is 0.524 bits per heavy atom. The zero-order chi connectivity index (χ0) is 44.1. The number of ether oxygens (including phenoxy) is 1. The lowest BCUT2D eigenvalue weighted by Gasteiger charge is -2.18. The largest absolute Gasteiger partial charge is 0.379 e. The van der Waals surface area contributed by atoms with Gasteiger partial charge in [0.2, 0.25) is 17.7 Å². The normalized spacial score (nSPS) is 24.8. The van der Waals surface area contributed by atoms with Crippen LogP contribution in [-0.2, 0) is 19.1 Å². The van der Waals surface area contributed by atoms with Crippen LogP contribution in [0.4, 0.5) is 0 Å². The van der Waals surface area contributed by atoms with Crippen molar-refractivity contribution in [3.8, 4) is 0 Å². The third kappa shape index (κ3) is 12.4. The van der Waals surface area contributed by atoms with Gasteiger partial charge in [0.05, 0.1) is 23.9 Å². The molecule has 0 bridgehead atoms. The van der Waals surface area contributed by atoms with E-state index in [2.05, 4.69) is 47.1 Å². The number of hydrogen-bond donors (Lipinski definition) is 3. The first kappa shape index (κ1) is 46.0. The van der Waals surface area contributed by atoms with Gasteiger partial charge in [-0.1, -0.05) is 138 Å². The van der Waals surface area contributed by atoms with E-state index in [4.69, 9.17) is 4.74 Å². The number of carbonyl (C=O) groups is 5. The molecule has 0 radical (unpaired) electrons. The molecule has 2 heterocycles. The molecule has 0 spiro atoms. The minimum atomic E-state index is -0.695. The minimum Gasteiger partial charge on any atom is -0.379 e. The van der Waals surface area contributed by atoms with Gasteiger partial charge in [-0.15, -0.1) is 0 Å². The Morgan fingerprint density at radius 3 is 1.38 bits per heavy atom. The van der Waals surface area contributed by atoms with E-state index in [0.29, 0.717) is 24.2 Å². The number of benzene rings is 3. The molecule has 2 aliphatic heterocycles.